The molecule has 0 saturated carbocycles. The van der Waals surface area contributed by atoms with Crippen LogP contribution in [0, 0.1) is 0 Å². The van der Waals surface area contributed by atoms with E-state index < -0.39 is 42.2 Å². The maximum Gasteiger partial charge on any atom is 0.316 e. The molecule has 1 aliphatic heterocycles. The molecule has 11 heteroatoms. The Kier molecular flexibility index (Phi) is 10.1. The van der Waals surface area contributed by atoms with Crippen molar-refractivity contribution in [1.82, 2.24) is 15.5 Å². The first kappa shape index (κ1) is 28.9. The zero-order valence-corrected chi connectivity index (χ0v) is 22.8. The van der Waals surface area contributed by atoms with Crippen LogP contribution in [0.15, 0.2) is 54.2 Å². The zero-order valence-electron chi connectivity index (χ0n) is 20.8. The molecule has 0 spiro atoms. The van der Waals surface area contributed by atoms with E-state index in [2.05, 4.69) is 10.6 Å². The van der Waals surface area contributed by atoms with E-state index in [4.69, 9.17) is 9.47 Å². The molecule has 10 nitrogen and oxygen atoms in total. The number of ether oxygens (including phenoxy) is 2. The minimum absolute atomic E-state index is 0. The monoisotopic (exact) mass is 504 g/mol. The molecule has 3 rings (SSSR count). The van der Waals surface area contributed by atoms with Gasteiger partial charge in [0.2, 0.25) is 0 Å². The minimum Gasteiger partial charge on any atom is -0.493 e. The van der Waals surface area contributed by atoms with Crippen molar-refractivity contribution in [2.75, 3.05) is 21.3 Å². The summed E-state index contributed by atoms with van der Waals surface area (Å²) in [6.07, 6.45) is 0.936. The normalized spacial score (nSPS) is 15.8. The molecule has 1 radical (unpaired) electrons. The molecule has 2 aromatic carbocycles. The molecule has 0 aromatic heterocycles. The maximum atomic E-state index is 12.8. The summed E-state index contributed by atoms with van der Waals surface area (Å²) in [6, 6.07) is 9.30. The molecule has 185 valence electrons. The quantitative estimate of drug-likeness (QED) is 0.370. The number of carboxylic acids is 1. The van der Waals surface area contributed by atoms with Gasteiger partial charge in [-0.2, -0.15) is 0 Å². The summed E-state index contributed by atoms with van der Waals surface area (Å²) in [5.74, 6) is -1.49. The average Bonchev–Trinajstić information content (AvgIpc) is 2.84. The second-order valence-electron chi connectivity index (χ2n) is 8.00. The smallest absolute Gasteiger partial charge is 0.316 e. The van der Waals surface area contributed by atoms with Crippen molar-refractivity contribution < 1.29 is 33.8 Å². The molecule has 0 saturated heterocycles. The number of likely N-dealkylation sites (N-methyl/N-ethyl adjacent to an activating group) is 1. The predicted molar refractivity (Wildman–Crippen MR) is 133 cm³/mol. The Labute approximate surface area is 230 Å². The van der Waals surface area contributed by atoms with E-state index in [1.54, 1.807) is 19.1 Å². The number of aliphatic carboxylic acids is 1. The third-order valence-corrected chi connectivity index (χ3v) is 5.58. The van der Waals surface area contributed by atoms with Crippen molar-refractivity contribution in [3.05, 3.63) is 59.8 Å². The van der Waals surface area contributed by atoms with Crippen molar-refractivity contribution in [1.29, 1.82) is 0 Å². The Hall–Kier alpha value is -3.34. The number of Topliss-reactive ketones (excluding diaryl/α,β-unsaturated/α-hetero) is 1. The number of urea groups is 1. The summed E-state index contributed by atoms with van der Waals surface area (Å²) in [5, 5.41) is 14.4. The molecule has 2 aromatic rings. The Morgan fingerprint density at radius 1 is 1.11 bits per heavy atom. The molecule has 0 bridgehead atoms. The van der Waals surface area contributed by atoms with Crippen LogP contribution in [0.3, 0.4) is 0 Å². The van der Waals surface area contributed by atoms with Crippen LogP contribution in [0.4, 0.5) is 4.79 Å². The number of amides is 3. The van der Waals surface area contributed by atoms with Crippen LogP contribution in [-0.4, -0.2) is 90.6 Å². The van der Waals surface area contributed by atoms with E-state index in [1.807, 2.05) is 30.3 Å². The summed E-state index contributed by atoms with van der Waals surface area (Å²) >= 11 is 0. The van der Waals surface area contributed by atoms with E-state index in [-0.39, 0.29) is 29.6 Å². The molecule has 3 amide bonds. The zero-order chi connectivity index (χ0) is 25.7. The van der Waals surface area contributed by atoms with Crippen molar-refractivity contribution in [2.24, 2.45) is 0 Å². The van der Waals surface area contributed by atoms with Gasteiger partial charge in [-0.25, -0.2) is 4.79 Å². The molecular formula is C25H27N3NaO7. The molecule has 3 N–H and O–H groups in total. The predicted octanol–water partition coefficient (Wildman–Crippen LogP) is 2.12. The van der Waals surface area contributed by atoms with Crippen molar-refractivity contribution >= 4 is 53.2 Å². The standard InChI is InChI=1S/C25H27N3O7.Na/c1-14-13-28(2)24(32)21(22(14)31)27-25(33)26-18(12-20(29)30)16-10-17(15-8-6-5-7-9-15)23(35-4)19(11-16)34-3;/h5-11,13,18,21H,12H2,1-4H3,(H,29,30)(H2,26,27,33);/t18-,21?;/m0./s1. The number of ketones is 1. The second-order valence-corrected chi connectivity index (χ2v) is 8.00. The largest absolute Gasteiger partial charge is 0.493 e. The van der Waals surface area contributed by atoms with Gasteiger partial charge in [0.05, 0.1) is 26.7 Å². The molecule has 1 unspecified atom stereocenters. The molecule has 36 heavy (non-hydrogen) atoms. The van der Waals surface area contributed by atoms with E-state index in [1.165, 1.54) is 32.4 Å². The Morgan fingerprint density at radius 2 is 1.78 bits per heavy atom. The van der Waals surface area contributed by atoms with E-state index >= 15 is 0 Å². The summed E-state index contributed by atoms with van der Waals surface area (Å²) < 4.78 is 11.0. The number of carbonyl (C=O) groups is 4. The fourth-order valence-corrected chi connectivity index (χ4v) is 3.87. The van der Waals surface area contributed by atoms with E-state index in [0.717, 1.165) is 5.56 Å². The van der Waals surface area contributed by atoms with Crippen LogP contribution >= 0.6 is 0 Å². The minimum atomic E-state index is -1.40. The van der Waals surface area contributed by atoms with E-state index in [0.29, 0.717) is 28.2 Å². The molecule has 0 aliphatic carbocycles. The van der Waals surface area contributed by atoms with Crippen LogP contribution < -0.4 is 20.1 Å². The number of nitrogens with one attached hydrogen (secondary N) is 2. The van der Waals surface area contributed by atoms with Crippen LogP contribution in [-0.2, 0) is 14.4 Å². The Morgan fingerprint density at radius 3 is 2.36 bits per heavy atom. The average molecular weight is 504 g/mol. The summed E-state index contributed by atoms with van der Waals surface area (Å²) in [4.78, 5) is 50.5. The fourth-order valence-electron chi connectivity index (χ4n) is 3.87. The Bertz CT molecular complexity index is 1180. The van der Waals surface area contributed by atoms with Gasteiger partial charge >= 0.3 is 12.0 Å². The van der Waals surface area contributed by atoms with Crippen LogP contribution in [0.5, 0.6) is 11.5 Å². The van der Waals surface area contributed by atoms with Gasteiger partial charge < -0.3 is 30.1 Å². The summed E-state index contributed by atoms with van der Waals surface area (Å²) in [7, 11) is 4.43. The van der Waals surface area contributed by atoms with Gasteiger partial charge in [0.15, 0.2) is 23.3 Å². The van der Waals surface area contributed by atoms with Gasteiger partial charge in [-0.05, 0) is 30.2 Å². The van der Waals surface area contributed by atoms with Crippen LogP contribution in [0.25, 0.3) is 11.1 Å². The van der Waals surface area contributed by atoms with Gasteiger partial charge in [-0.3, -0.25) is 14.4 Å². The Balaban J connectivity index is 0.00000456. The summed E-state index contributed by atoms with van der Waals surface area (Å²) in [5.41, 5.74) is 2.19. The number of nitrogens with zero attached hydrogens (tertiary/aromatic N) is 1. The van der Waals surface area contributed by atoms with E-state index in [9.17, 15) is 24.3 Å². The third-order valence-electron chi connectivity index (χ3n) is 5.58. The molecule has 0 fully saturated rings. The van der Waals surface area contributed by atoms with Crippen molar-refractivity contribution in [3.63, 3.8) is 0 Å². The molecule has 1 aliphatic rings. The first-order valence-corrected chi connectivity index (χ1v) is 10.8. The molecule has 2 atom stereocenters. The number of carboxylic acid groups (broad SMARTS) is 1. The first-order chi connectivity index (χ1) is 16.7. The number of rotatable bonds is 8. The topological polar surface area (TPSA) is 134 Å². The third kappa shape index (κ3) is 6.45. The molecular weight excluding hydrogens is 477 g/mol. The van der Waals surface area contributed by atoms with Crippen LogP contribution in [0.2, 0.25) is 0 Å². The number of methoxy groups -OCH3 is 2. The van der Waals surface area contributed by atoms with Gasteiger partial charge in [0, 0.05) is 53.9 Å². The SMILES string of the molecule is COc1cc([C@H](CC(=O)O)NC(=O)NC2C(=O)C(C)=CN(C)C2=O)cc(-c2ccccc2)c1OC.[Na]. The van der Waals surface area contributed by atoms with Gasteiger partial charge in [0.1, 0.15) is 0 Å². The van der Waals surface area contributed by atoms with Gasteiger partial charge in [-0.15, -0.1) is 0 Å². The van der Waals surface area contributed by atoms with Gasteiger partial charge in [-0.1, -0.05) is 30.3 Å². The number of carbonyl (C=O) groups excluding carboxylic acids is 3. The van der Waals surface area contributed by atoms with Crippen LogP contribution in [0.1, 0.15) is 24.9 Å². The number of hydrogen-bond donors (Lipinski definition) is 3. The van der Waals surface area contributed by atoms with Crippen molar-refractivity contribution in [2.45, 2.75) is 25.4 Å². The number of benzene rings is 2. The molecule has 1 heterocycles. The summed E-state index contributed by atoms with van der Waals surface area (Å²) in [6.45, 7) is 1.54. The first-order valence-electron chi connectivity index (χ1n) is 10.8. The second kappa shape index (κ2) is 12.6. The number of hydrogen-bond acceptors (Lipinski definition) is 6. The van der Waals surface area contributed by atoms with Crippen molar-refractivity contribution in [3.8, 4) is 22.6 Å². The fraction of sp³-hybridized carbons (Fsp3) is 0.280. The van der Waals surface area contributed by atoms with Gasteiger partial charge in [0.25, 0.3) is 5.91 Å². The maximum absolute atomic E-state index is 12.8.